The highest BCUT2D eigenvalue weighted by Gasteiger charge is 2.25. The molecule has 0 aliphatic carbocycles. The maximum absolute atomic E-state index is 13.0. The van der Waals surface area contributed by atoms with Crippen LogP contribution in [0.3, 0.4) is 0 Å². The number of carbonyl (C=O) groups is 1. The molecule has 3 rings (SSSR count). The van der Waals surface area contributed by atoms with Gasteiger partial charge in [-0.2, -0.15) is 0 Å². The third-order valence-corrected chi connectivity index (χ3v) is 4.74. The van der Waals surface area contributed by atoms with Gasteiger partial charge in [0, 0.05) is 34.7 Å². The summed E-state index contributed by atoms with van der Waals surface area (Å²) >= 11 is 3.47. The standard InChI is InChI=1S/C17H20BrN3O/c1-11-8-15(14-6-5-12(18)9-16(14)20-11)17(22)21-7-3-4-13(10-21)19-2/h5-6,8-9,13,19H,3-4,7,10H2,1-2H3/t13-/m1/s1. The zero-order chi connectivity index (χ0) is 15.7. The Kier molecular flexibility index (Phi) is 4.45. The number of rotatable bonds is 2. The van der Waals surface area contributed by atoms with Crippen molar-refractivity contribution < 1.29 is 4.79 Å². The van der Waals surface area contributed by atoms with Gasteiger partial charge in [-0.05, 0) is 45.0 Å². The van der Waals surface area contributed by atoms with Crippen LogP contribution in [-0.4, -0.2) is 42.0 Å². The van der Waals surface area contributed by atoms with Crippen molar-refractivity contribution in [2.24, 2.45) is 0 Å². The molecule has 4 nitrogen and oxygen atoms in total. The van der Waals surface area contributed by atoms with E-state index in [1.807, 2.05) is 43.1 Å². The van der Waals surface area contributed by atoms with Crippen molar-refractivity contribution in [2.45, 2.75) is 25.8 Å². The number of likely N-dealkylation sites (N-methyl/N-ethyl adjacent to an activating group) is 1. The van der Waals surface area contributed by atoms with Crippen LogP contribution in [0.4, 0.5) is 0 Å². The minimum atomic E-state index is 0.109. The van der Waals surface area contributed by atoms with Gasteiger partial charge in [-0.3, -0.25) is 9.78 Å². The summed E-state index contributed by atoms with van der Waals surface area (Å²) in [4.78, 5) is 19.5. The lowest BCUT2D eigenvalue weighted by Crippen LogP contribution is -2.47. The van der Waals surface area contributed by atoms with Crippen molar-refractivity contribution in [1.82, 2.24) is 15.2 Å². The maximum Gasteiger partial charge on any atom is 0.254 e. The molecule has 1 fully saturated rings. The Labute approximate surface area is 139 Å². The van der Waals surface area contributed by atoms with E-state index in [1.54, 1.807) is 0 Å². The number of piperidine rings is 1. The summed E-state index contributed by atoms with van der Waals surface area (Å²) in [5, 5.41) is 4.21. The second-order valence-electron chi connectivity index (χ2n) is 5.85. The molecule has 0 radical (unpaired) electrons. The highest BCUT2D eigenvalue weighted by molar-refractivity contribution is 9.10. The number of aryl methyl sites for hydroxylation is 1. The van der Waals surface area contributed by atoms with Gasteiger partial charge in [0.1, 0.15) is 0 Å². The predicted molar refractivity (Wildman–Crippen MR) is 92.2 cm³/mol. The van der Waals surface area contributed by atoms with Gasteiger partial charge in [-0.15, -0.1) is 0 Å². The van der Waals surface area contributed by atoms with Gasteiger partial charge in [0.05, 0.1) is 11.1 Å². The fourth-order valence-electron chi connectivity index (χ4n) is 3.08. The third kappa shape index (κ3) is 3.01. The fraction of sp³-hybridized carbons (Fsp3) is 0.412. The van der Waals surface area contributed by atoms with Gasteiger partial charge in [0.15, 0.2) is 0 Å². The first-order chi connectivity index (χ1) is 10.6. The van der Waals surface area contributed by atoms with Gasteiger partial charge >= 0.3 is 0 Å². The molecule has 1 aliphatic rings. The first-order valence-electron chi connectivity index (χ1n) is 7.62. The molecular weight excluding hydrogens is 342 g/mol. The molecule has 0 unspecified atom stereocenters. The second kappa shape index (κ2) is 6.34. The van der Waals surface area contributed by atoms with Gasteiger partial charge in [-0.25, -0.2) is 0 Å². The number of aromatic nitrogens is 1. The lowest BCUT2D eigenvalue weighted by Gasteiger charge is -2.33. The number of fused-ring (bicyclic) bond motifs is 1. The van der Waals surface area contributed by atoms with Gasteiger partial charge in [-0.1, -0.05) is 22.0 Å². The van der Waals surface area contributed by atoms with Crippen molar-refractivity contribution in [3.8, 4) is 0 Å². The Morgan fingerprint density at radius 3 is 3.00 bits per heavy atom. The van der Waals surface area contributed by atoms with Crippen LogP contribution in [0.15, 0.2) is 28.7 Å². The number of hydrogen-bond donors (Lipinski definition) is 1. The number of halogens is 1. The number of pyridine rings is 1. The summed E-state index contributed by atoms with van der Waals surface area (Å²) in [7, 11) is 1.96. The van der Waals surface area contributed by atoms with Gasteiger partial charge in [0.25, 0.3) is 5.91 Å². The van der Waals surface area contributed by atoms with E-state index >= 15 is 0 Å². The molecule has 5 heteroatoms. The first kappa shape index (κ1) is 15.4. The SMILES string of the molecule is CN[C@@H]1CCCN(C(=O)c2cc(C)nc3cc(Br)ccc23)C1. The lowest BCUT2D eigenvalue weighted by molar-refractivity contribution is 0.0700. The zero-order valence-corrected chi connectivity index (χ0v) is 14.5. The van der Waals surface area contributed by atoms with E-state index in [0.29, 0.717) is 6.04 Å². The van der Waals surface area contributed by atoms with Crippen molar-refractivity contribution in [1.29, 1.82) is 0 Å². The molecule has 1 aliphatic heterocycles. The summed E-state index contributed by atoms with van der Waals surface area (Å²) in [6.07, 6.45) is 2.17. The molecular formula is C17H20BrN3O. The normalized spacial score (nSPS) is 18.7. The van der Waals surface area contributed by atoms with Crippen LogP contribution in [0.1, 0.15) is 28.9 Å². The summed E-state index contributed by atoms with van der Waals surface area (Å²) in [5.74, 6) is 0.109. The van der Waals surface area contributed by atoms with Gasteiger partial charge in [0.2, 0.25) is 0 Å². The van der Waals surface area contributed by atoms with Crippen LogP contribution >= 0.6 is 15.9 Å². The van der Waals surface area contributed by atoms with Crippen LogP contribution in [0, 0.1) is 6.92 Å². The molecule has 0 bridgehead atoms. The van der Waals surface area contributed by atoms with Crippen molar-refractivity contribution in [3.05, 3.63) is 40.0 Å². The zero-order valence-electron chi connectivity index (χ0n) is 12.9. The fourth-order valence-corrected chi connectivity index (χ4v) is 3.43. The molecule has 1 aromatic heterocycles. The van der Waals surface area contributed by atoms with Gasteiger partial charge < -0.3 is 10.2 Å². The molecule has 1 atom stereocenters. The quantitative estimate of drug-likeness (QED) is 0.893. The average molecular weight is 362 g/mol. The van der Waals surface area contributed by atoms with Crippen molar-refractivity contribution in [3.63, 3.8) is 0 Å². The van der Waals surface area contributed by atoms with Crippen molar-refractivity contribution >= 4 is 32.7 Å². The monoisotopic (exact) mass is 361 g/mol. The Morgan fingerprint density at radius 1 is 1.41 bits per heavy atom. The van der Waals surface area contributed by atoms with Crippen LogP contribution < -0.4 is 5.32 Å². The van der Waals surface area contributed by atoms with E-state index in [9.17, 15) is 4.79 Å². The molecule has 0 saturated carbocycles. The highest BCUT2D eigenvalue weighted by Crippen LogP contribution is 2.24. The maximum atomic E-state index is 13.0. The Balaban J connectivity index is 2.00. The van der Waals surface area contributed by atoms with E-state index in [-0.39, 0.29) is 5.91 Å². The summed E-state index contributed by atoms with van der Waals surface area (Å²) < 4.78 is 0.977. The highest BCUT2D eigenvalue weighted by atomic mass is 79.9. The minimum Gasteiger partial charge on any atom is -0.337 e. The largest absolute Gasteiger partial charge is 0.337 e. The van der Waals surface area contributed by atoms with E-state index in [0.717, 1.165) is 52.6 Å². The van der Waals surface area contributed by atoms with E-state index in [1.165, 1.54) is 0 Å². The number of benzene rings is 1. The van der Waals surface area contributed by atoms with Crippen LogP contribution in [0.5, 0.6) is 0 Å². The summed E-state index contributed by atoms with van der Waals surface area (Å²) in [6.45, 7) is 3.54. The third-order valence-electron chi connectivity index (χ3n) is 4.25. The smallest absolute Gasteiger partial charge is 0.254 e. The first-order valence-corrected chi connectivity index (χ1v) is 8.41. The van der Waals surface area contributed by atoms with E-state index in [2.05, 4.69) is 26.2 Å². The molecule has 116 valence electrons. The molecule has 22 heavy (non-hydrogen) atoms. The number of likely N-dealkylation sites (tertiary alicyclic amines) is 1. The van der Waals surface area contributed by atoms with E-state index in [4.69, 9.17) is 0 Å². The second-order valence-corrected chi connectivity index (χ2v) is 6.77. The Morgan fingerprint density at radius 2 is 2.23 bits per heavy atom. The lowest BCUT2D eigenvalue weighted by atomic mass is 10.0. The minimum absolute atomic E-state index is 0.109. The van der Waals surface area contributed by atoms with Crippen LogP contribution in [0.25, 0.3) is 10.9 Å². The summed E-state index contributed by atoms with van der Waals surface area (Å²) in [5.41, 5.74) is 2.49. The molecule has 1 aromatic carbocycles. The van der Waals surface area contributed by atoms with Crippen LogP contribution in [0.2, 0.25) is 0 Å². The number of nitrogens with one attached hydrogen (secondary N) is 1. The number of hydrogen-bond acceptors (Lipinski definition) is 3. The summed E-state index contributed by atoms with van der Waals surface area (Å²) in [6, 6.07) is 8.19. The molecule has 2 heterocycles. The predicted octanol–water partition coefficient (Wildman–Crippen LogP) is 3.13. The number of nitrogens with zero attached hydrogens (tertiary/aromatic N) is 2. The molecule has 1 N–H and O–H groups in total. The van der Waals surface area contributed by atoms with Crippen molar-refractivity contribution in [2.75, 3.05) is 20.1 Å². The molecule has 2 aromatic rings. The van der Waals surface area contributed by atoms with Crippen LogP contribution in [-0.2, 0) is 0 Å². The van der Waals surface area contributed by atoms with E-state index < -0.39 is 0 Å². The molecule has 1 amide bonds. The number of carbonyl (C=O) groups excluding carboxylic acids is 1. The molecule has 0 spiro atoms. The Hall–Kier alpha value is -1.46. The average Bonchev–Trinajstić information content (AvgIpc) is 2.53. The topological polar surface area (TPSA) is 45.2 Å². The molecule has 1 saturated heterocycles. The Bertz CT molecular complexity index is 711. The number of amides is 1.